The summed E-state index contributed by atoms with van der Waals surface area (Å²) in [5.74, 6) is -0.151. The zero-order valence-electron chi connectivity index (χ0n) is 17.5. The number of ether oxygens (including phenoxy) is 1. The van der Waals surface area contributed by atoms with E-state index >= 15 is 0 Å². The quantitative estimate of drug-likeness (QED) is 0.368. The number of hydrogen-bond acceptors (Lipinski definition) is 6. The molecule has 1 aliphatic rings. The standard InChI is InChI=1S/C22H26N2O3S3/c1-22(2,3)13-7-9-15-16(12-13)30-19(18(15)20(26)27-4)24-21(28)23-17(25)10-8-14-6-5-11-29-14/h5-6,8,10-11,13H,7,9,12H2,1-4H3,(H2,23,24,25,28)/b10-8+. The lowest BCUT2D eigenvalue weighted by molar-refractivity contribution is -0.115. The summed E-state index contributed by atoms with van der Waals surface area (Å²) in [5.41, 5.74) is 1.79. The molecule has 0 saturated carbocycles. The number of carbonyl (C=O) groups excluding carboxylic acids is 2. The van der Waals surface area contributed by atoms with Crippen molar-refractivity contribution < 1.29 is 14.3 Å². The second-order valence-corrected chi connectivity index (χ2v) is 10.8. The van der Waals surface area contributed by atoms with Gasteiger partial charge in [0.2, 0.25) is 5.91 Å². The molecule has 1 unspecified atom stereocenters. The highest BCUT2D eigenvalue weighted by Gasteiger charge is 2.34. The number of amides is 1. The number of fused-ring (bicyclic) bond motifs is 1. The van der Waals surface area contributed by atoms with Gasteiger partial charge in [-0.3, -0.25) is 10.1 Å². The van der Waals surface area contributed by atoms with E-state index in [1.807, 2.05) is 17.5 Å². The van der Waals surface area contributed by atoms with Crippen LogP contribution in [0.3, 0.4) is 0 Å². The monoisotopic (exact) mass is 462 g/mol. The summed E-state index contributed by atoms with van der Waals surface area (Å²) in [7, 11) is 1.38. The predicted molar refractivity (Wildman–Crippen MR) is 128 cm³/mol. The zero-order chi connectivity index (χ0) is 21.9. The molecule has 160 valence electrons. The molecule has 1 aliphatic carbocycles. The summed E-state index contributed by atoms with van der Waals surface area (Å²) in [6.07, 6.45) is 5.97. The van der Waals surface area contributed by atoms with Gasteiger partial charge in [-0.15, -0.1) is 22.7 Å². The van der Waals surface area contributed by atoms with Crippen LogP contribution in [0.2, 0.25) is 0 Å². The van der Waals surface area contributed by atoms with Crippen molar-refractivity contribution in [3.05, 3.63) is 44.5 Å². The van der Waals surface area contributed by atoms with Crippen molar-refractivity contribution in [1.82, 2.24) is 5.32 Å². The molecule has 2 aromatic rings. The number of rotatable bonds is 4. The third-order valence-electron chi connectivity index (χ3n) is 5.29. The second-order valence-electron chi connectivity index (χ2n) is 8.30. The first-order chi connectivity index (χ1) is 14.2. The van der Waals surface area contributed by atoms with Crippen molar-refractivity contribution in [3.8, 4) is 0 Å². The average molecular weight is 463 g/mol. The Hall–Kier alpha value is -2.03. The second kappa shape index (κ2) is 9.41. The third kappa shape index (κ3) is 5.36. The van der Waals surface area contributed by atoms with Gasteiger partial charge in [0.15, 0.2) is 5.11 Å². The van der Waals surface area contributed by atoms with E-state index in [-0.39, 0.29) is 22.4 Å². The number of anilines is 1. The van der Waals surface area contributed by atoms with Gasteiger partial charge in [0.25, 0.3) is 0 Å². The maximum absolute atomic E-state index is 12.5. The van der Waals surface area contributed by atoms with Crippen LogP contribution in [0.1, 0.15) is 52.9 Å². The van der Waals surface area contributed by atoms with E-state index in [4.69, 9.17) is 17.0 Å². The molecular weight excluding hydrogens is 436 g/mol. The normalized spacial score (nSPS) is 16.2. The van der Waals surface area contributed by atoms with E-state index < -0.39 is 0 Å². The smallest absolute Gasteiger partial charge is 0.341 e. The third-order valence-corrected chi connectivity index (χ3v) is 7.50. The lowest BCUT2D eigenvalue weighted by Gasteiger charge is -2.33. The number of methoxy groups -OCH3 is 1. The fourth-order valence-corrected chi connectivity index (χ4v) is 5.77. The molecule has 0 saturated heterocycles. The molecule has 1 amide bonds. The number of thiocarbonyl (C=S) groups is 1. The van der Waals surface area contributed by atoms with Gasteiger partial charge in [0.05, 0.1) is 12.7 Å². The minimum absolute atomic E-state index is 0.159. The minimum Gasteiger partial charge on any atom is -0.465 e. The summed E-state index contributed by atoms with van der Waals surface area (Å²) in [6, 6.07) is 3.85. The molecule has 2 heterocycles. The fraction of sp³-hybridized carbons (Fsp3) is 0.409. The van der Waals surface area contributed by atoms with Crippen LogP contribution < -0.4 is 10.6 Å². The summed E-state index contributed by atoms with van der Waals surface area (Å²) >= 11 is 8.38. The molecule has 0 bridgehead atoms. The van der Waals surface area contributed by atoms with Gasteiger partial charge in [0, 0.05) is 15.8 Å². The van der Waals surface area contributed by atoms with Crippen LogP contribution in [0.15, 0.2) is 23.6 Å². The van der Waals surface area contributed by atoms with Gasteiger partial charge in [0.1, 0.15) is 5.00 Å². The average Bonchev–Trinajstić information content (AvgIpc) is 3.31. The Morgan fingerprint density at radius 2 is 2.10 bits per heavy atom. The lowest BCUT2D eigenvalue weighted by atomic mass is 9.72. The Kier molecular flexibility index (Phi) is 7.10. The molecule has 0 spiro atoms. The number of esters is 1. The molecule has 0 aromatic carbocycles. The number of carbonyl (C=O) groups is 2. The van der Waals surface area contributed by atoms with Gasteiger partial charge < -0.3 is 10.1 Å². The van der Waals surface area contributed by atoms with Crippen LogP contribution in [0, 0.1) is 11.3 Å². The first-order valence-electron chi connectivity index (χ1n) is 9.75. The molecule has 5 nitrogen and oxygen atoms in total. The van der Waals surface area contributed by atoms with E-state index in [0.717, 1.165) is 29.7 Å². The van der Waals surface area contributed by atoms with Crippen molar-refractivity contribution in [2.45, 2.75) is 40.0 Å². The highest BCUT2D eigenvalue weighted by molar-refractivity contribution is 7.80. The van der Waals surface area contributed by atoms with Crippen LogP contribution in [-0.2, 0) is 22.4 Å². The van der Waals surface area contributed by atoms with E-state index in [2.05, 4.69) is 31.4 Å². The van der Waals surface area contributed by atoms with Gasteiger partial charge in [-0.05, 0) is 65.9 Å². The highest BCUT2D eigenvalue weighted by atomic mass is 32.1. The number of thiophene rings is 2. The maximum atomic E-state index is 12.5. The Bertz CT molecular complexity index is 969. The van der Waals surface area contributed by atoms with Gasteiger partial charge in [-0.25, -0.2) is 4.79 Å². The largest absolute Gasteiger partial charge is 0.465 e. The van der Waals surface area contributed by atoms with Crippen molar-refractivity contribution in [2.24, 2.45) is 11.3 Å². The molecule has 3 rings (SSSR count). The van der Waals surface area contributed by atoms with Crippen molar-refractivity contribution >= 4 is 63.0 Å². The van der Waals surface area contributed by atoms with E-state index in [1.165, 1.54) is 29.4 Å². The van der Waals surface area contributed by atoms with Crippen LogP contribution >= 0.6 is 34.9 Å². The van der Waals surface area contributed by atoms with Gasteiger partial charge in [-0.1, -0.05) is 26.8 Å². The molecule has 1 atom stereocenters. The van der Waals surface area contributed by atoms with Crippen molar-refractivity contribution in [1.29, 1.82) is 0 Å². The van der Waals surface area contributed by atoms with Gasteiger partial charge >= 0.3 is 5.97 Å². The molecule has 0 aliphatic heterocycles. The first-order valence-corrected chi connectivity index (χ1v) is 11.9. The summed E-state index contributed by atoms with van der Waals surface area (Å²) in [4.78, 5) is 26.8. The Labute approximate surface area is 190 Å². The van der Waals surface area contributed by atoms with E-state index in [9.17, 15) is 9.59 Å². The SMILES string of the molecule is COC(=O)c1c(NC(=S)NC(=O)/C=C/c2cccs2)sc2c1CCC(C(C)(C)C)C2. The first kappa shape index (κ1) is 22.7. The van der Waals surface area contributed by atoms with Crippen LogP contribution in [0.25, 0.3) is 6.08 Å². The molecule has 30 heavy (non-hydrogen) atoms. The van der Waals surface area contributed by atoms with E-state index in [1.54, 1.807) is 17.4 Å². The Morgan fingerprint density at radius 1 is 1.33 bits per heavy atom. The van der Waals surface area contributed by atoms with Crippen molar-refractivity contribution in [2.75, 3.05) is 12.4 Å². The summed E-state index contributed by atoms with van der Waals surface area (Å²) in [5, 5.41) is 8.43. The maximum Gasteiger partial charge on any atom is 0.341 e. The molecular formula is C22H26N2O3S3. The number of nitrogens with one attached hydrogen (secondary N) is 2. The molecule has 0 radical (unpaired) electrons. The van der Waals surface area contributed by atoms with Crippen LogP contribution in [0.4, 0.5) is 5.00 Å². The summed E-state index contributed by atoms with van der Waals surface area (Å²) in [6.45, 7) is 6.76. The molecule has 2 aromatic heterocycles. The minimum atomic E-state index is -0.379. The molecule has 8 heteroatoms. The zero-order valence-corrected chi connectivity index (χ0v) is 20.0. The lowest BCUT2D eigenvalue weighted by Crippen LogP contribution is -2.33. The Morgan fingerprint density at radius 3 is 2.73 bits per heavy atom. The number of hydrogen-bond donors (Lipinski definition) is 2. The highest BCUT2D eigenvalue weighted by Crippen LogP contribution is 2.44. The van der Waals surface area contributed by atoms with Crippen LogP contribution in [-0.4, -0.2) is 24.1 Å². The van der Waals surface area contributed by atoms with Gasteiger partial charge in [-0.2, -0.15) is 0 Å². The van der Waals surface area contributed by atoms with Crippen LogP contribution in [0.5, 0.6) is 0 Å². The molecule has 0 fully saturated rings. The topological polar surface area (TPSA) is 67.4 Å². The van der Waals surface area contributed by atoms with Crippen molar-refractivity contribution in [3.63, 3.8) is 0 Å². The summed E-state index contributed by atoms with van der Waals surface area (Å²) < 4.78 is 5.03. The Balaban J connectivity index is 1.75. The fourth-order valence-electron chi connectivity index (χ4n) is 3.56. The predicted octanol–water partition coefficient (Wildman–Crippen LogP) is 5.27. The van der Waals surface area contributed by atoms with E-state index in [0.29, 0.717) is 16.5 Å². The molecule has 2 N–H and O–H groups in total.